The minimum Gasteiger partial charge on any atom is -0.493 e. The molecule has 0 atom stereocenters. The van der Waals surface area contributed by atoms with E-state index in [1.165, 1.54) is 18.5 Å². The summed E-state index contributed by atoms with van der Waals surface area (Å²) < 4.78 is 24.3. The van der Waals surface area contributed by atoms with E-state index in [1.807, 2.05) is 36.4 Å². The van der Waals surface area contributed by atoms with Gasteiger partial charge < -0.3 is 14.1 Å². The first-order chi connectivity index (χ1) is 13.8. The largest absolute Gasteiger partial charge is 0.493 e. The molecule has 1 aromatic heterocycles. The van der Waals surface area contributed by atoms with Crippen molar-refractivity contribution >= 4 is 5.69 Å². The predicted molar refractivity (Wildman–Crippen MR) is 105 cm³/mol. The van der Waals surface area contributed by atoms with Gasteiger partial charge in [-0.2, -0.15) is 0 Å². The van der Waals surface area contributed by atoms with Crippen LogP contribution in [0.2, 0.25) is 0 Å². The first-order valence-electron chi connectivity index (χ1n) is 9.51. The standard InChI is InChI=1S/C21H23FN4O2/c22-17-6-8-18(9-7-17)26-13-11-25(12-14-26)10-3-15-27-20-5-2-1-4-19(20)21-24-23-16-28-21/h1-2,4-9,16H,3,10-15H2. The van der Waals surface area contributed by atoms with Crippen molar-refractivity contribution in [2.45, 2.75) is 6.42 Å². The normalized spacial score (nSPS) is 15.0. The zero-order valence-corrected chi connectivity index (χ0v) is 15.6. The van der Waals surface area contributed by atoms with E-state index < -0.39 is 0 Å². The third-order valence-corrected chi connectivity index (χ3v) is 4.92. The fourth-order valence-corrected chi connectivity index (χ4v) is 3.41. The van der Waals surface area contributed by atoms with Crippen LogP contribution in [-0.2, 0) is 0 Å². The lowest BCUT2D eigenvalue weighted by Crippen LogP contribution is -2.46. The van der Waals surface area contributed by atoms with Gasteiger partial charge in [0.25, 0.3) is 5.89 Å². The number of hydrogen-bond donors (Lipinski definition) is 0. The van der Waals surface area contributed by atoms with Crippen LogP contribution in [0.3, 0.4) is 0 Å². The third-order valence-electron chi connectivity index (χ3n) is 4.92. The van der Waals surface area contributed by atoms with Crippen LogP contribution in [0, 0.1) is 5.82 Å². The van der Waals surface area contributed by atoms with Gasteiger partial charge in [0.1, 0.15) is 11.6 Å². The van der Waals surface area contributed by atoms with Crippen molar-refractivity contribution in [1.29, 1.82) is 0 Å². The molecule has 146 valence electrons. The van der Waals surface area contributed by atoms with E-state index in [2.05, 4.69) is 20.0 Å². The molecule has 6 nitrogen and oxygen atoms in total. The Kier molecular flexibility index (Phi) is 5.82. The lowest BCUT2D eigenvalue weighted by molar-refractivity contribution is 0.225. The molecule has 1 aliphatic heterocycles. The molecule has 3 aromatic rings. The average Bonchev–Trinajstić information content (AvgIpc) is 3.27. The molecule has 0 saturated carbocycles. The summed E-state index contributed by atoms with van der Waals surface area (Å²) in [4.78, 5) is 4.74. The van der Waals surface area contributed by atoms with Crippen LogP contribution < -0.4 is 9.64 Å². The maximum atomic E-state index is 13.1. The highest BCUT2D eigenvalue weighted by atomic mass is 19.1. The van der Waals surface area contributed by atoms with Crippen molar-refractivity contribution in [2.24, 2.45) is 0 Å². The van der Waals surface area contributed by atoms with Crippen molar-refractivity contribution in [2.75, 3.05) is 44.2 Å². The summed E-state index contributed by atoms with van der Waals surface area (Å²) in [6.07, 6.45) is 2.26. The molecule has 0 radical (unpaired) electrons. The highest BCUT2D eigenvalue weighted by Gasteiger charge is 2.17. The zero-order valence-electron chi connectivity index (χ0n) is 15.6. The van der Waals surface area contributed by atoms with Crippen molar-refractivity contribution in [3.05, 3.63) is 60.7 Å². The molecular weight excluding hydrogens is 359 g/mol. The zero-order chi connectivity index (χ0) is 19.2. The summed E-state index contributed by atoms with van der Waals surface area (Å²) in [5, 5.41) is 7.68. The third kappa shape index (κ3) is 4.48. The Hall–Kier alpha value is -2.93. The van der Waals surface area contributed by atoms with Gasteiger partial charge in [-0.3, -0.25) is 4.90 Å². The molecule has 0 bridgehead atoms. The van der Waals surface area contributed by atoms with Gasteiger partial charge in [0.2, 0.25) is 6.39 Å². The van der Waals surface area contributed by atoms with E-state index in [0.717, 1.165) is 56.1 Å². The van der Waals surface area contributed by atoms with Crippen LogP contribution in [0.1, 0.15) is 6.42 Å². The van der Waals surface area contributed by atoms with E-state index in [4.69, 9.17) is 9.15 Å². The number of halogens is 1. The average molecular weight is 382 g/mol. The first kappa shape index (κ1) is 18.4. The van der Waals surface area contributed by atoms with Gasteiger partial charge >= 0.3 is 0 Å². The predicted octanol–water partition coefficient (Wildman–Crippen LogP) is 3.47. The monoisotopic (exact) mass is 382 g/mol. The van der Waals surface area contributed by atoms with Crippen LogP contribution >= 0.6 is 0 Å². The number of nitrogens with zero attached hydrogens (tertiary/aromatic N) is 4. The number of benzene rings is 2. The quantitative estimate of drug-likeness (QED) is 0.583. The Labute approximate surface area is 163 Å². The molecule has 4 rings (SSSR count). The Balaban J connectivity index is 1.21. The number of aromatic nitrogens is 2. The molecule has 2 aromatic carbocycles. The van der Waals surface area contributed by atoms with Gasteiger partial charge in [-0.05, 0) is 42.8 Å². The number of anilines is 1. The fraction of sp³-hybridized carbons (Fsp3) is 0.333. The van der Waals surface area contributed by atoms with Crippen molar-refractivity contribution < 1.29 is 13.5 Å². The molecule has 0 aliphatic carbocycles. The molecule has 1 aliphatic rings. The lowest BCUT2D eigenvalue weighted by Gasteiger charge is -2.36. The van der Waals surface area contributed by atoms with Gasteiger partial charge in [-0.15, -0.1) is 10.2 Å². The van der Waals surface area contributed by atoms with Crippen molar-refractivity contribution in [3.63, 3.8) is 0 Å². The van der Waals surface area contributed by atoms with Gasteiger partial charge in [-0.25, -0.2) is 4.39 Å². The Bertz CT molecular complexity index is 862. The second-order valence-corrected chi connectivity index (χ2v) is 6.75. The summed E-state index contributed by atoms with van der Waals surface area (Å²) in [5.74, 6) is 1.03. The van der Waals surface area contributed by atoms with E-state index in [-0.39, 0.29) is 5.82 Å². The number of rotatable bonds is 7. The second kappa shape index (κ2) is 8.84. The van der Waals surface area contributed by atoms with Crippen LogP contribution in [-0.4, -0.2) is 54.4 Å². The molecule has 0 N–H and O–H groups in total. The van der Waals surface area contributed by atoms with Gasteiger partial charge in [0.05, 0.1) is 12.2 Å². The summed E-state index contributed by atoms with van der Waals surface area (Å²) in [6, 6.07) is 14.4. The molecule has 0 spiro atoms. The summed E-state index contributed by atoms with van der Waals surface area (Å²) in [7, 11) is 0. The molecule has 0 unspecified atom stereocenters. The molecule has 1 saturated heterocycles. The number of para-hydroxylation sites is 1. The van der Waals surface area contributed by atoms with Gasteiger partial charge in [0.15, 0.2) is 0 Å². The highest BCUT2D eigenvalue weighted by Crippen LogP contribution is 2.28. The maximum Gasteiger partial charge on any atom is 0.251 e. The van der Waals surface area contributed by atoms with E-state index in [0.29, 0.717) is 12.5 Å². The van der Waals surface area contributed by atoms with Crippen LogP contribution in [0.4, 0.5) is 10.1 Å². The Morgan fingerprint density at radius 2 is 1.79 bits per heavy atom. The van der Waals surface area contributed by atoms with E-state index in [1.54, 1.807) is 0 Å². The Morgan fingerprint density at radius 1 is 1.00 bits per heavy atom. The topological polar surface area (TPSA) is 54.6 Å². The minimum atomic E-state index is -0.192. The first-order valence-corrected chi connectivity index (χ1v) is 9.51. The number of piperazine rings is 1. The lowest BCUT2D eigenvalue weighted by atomic mass is 10.2. The van der Waals surface area contributed by atoms with E-state index in [9.17, 15) is 4.39 Å². The molecule has 7 heteroatoms. The molecule has 2 heterocycles. The number of ether oxygens (including phenoxy) is 1. The SMILES string of the molecule is Fc1ccc(N2CCN(CCCOc3ccccc3-c3nnco3)CC2)cc1. The highest BCUT2D eigenvalue weighted by molar-refractivity contribution is 5.62. The summed E-state index contributed by atoms with van der Waals surface area (Å²) >= 11 is 0. The smallest absolute Gasteiger partial charge is 0.251 e. The van der Waals surface area contributed by atoms with Crippen LogP contribution in [0.25, 0.3) is 11.5 Å². The Morgan fingerprint density at radius 3 is 2.54 bits per heavy atom. The maximum absolute atomic E-state index is 13.1. The second-order valence-electron chi connectivity index (χ2n) is 6.75. The van der Waals surface area contributed by atoms with Crippen LogP contribution in [0.15, 0.2) is 59.3 Å². The minimum absolute atomic E-state index is 0.192. The van der Waals surface area contributed by atoms with E-state index >= 15 is 0 Å². The molecule has 28 heavy (non-hydrogen) atoms. The fourth-order valence-electron chi connectivity index (χ4n) is 3.41. The summed E-state index contributed by atoms with van der Waals surface area (Å²) in [5.41, 5.74) is 1.90. The summed E-state index contributed by atoms with van der Waals surface area (Å²) in [6.45, 7) is 5.51. The van der Waals surface area contributed by atoms with Gasteiger partial charge in [-0.1, -0.05) is 12.1 Å². The van der Waals surface area contributed by atoms with Crippen LogP contribution in [0.5, 0.6) is 5.75 Å². The number of hydrogen-bond acceptors (Lipinski definition) is 6. The van der Waals surface area contributed by atoms with Crippen molar-refractivity contribution in [3.8, 4) is 17.2 Å². The molecular formula is C21H23FN4O2. The molecule has 1 fully saturated rings. The molecule has 0 amide bonds. The van der Waals surface area contributed by atoms with Crippen molar-refractivity contribution in [1.82, 2.24) is 15.1 Å². The van der Waals surface area contributed by atoms with Gasteiger partial charge in [0, 0.05) is 38.4 Å².